The summed E-state index contributed by atoms with van der Waals surface area (Å²) in [6.07, 6.45) is 6.96. The first-order valence-corrected chi connectivity index (χ1v) is 11.2. The van der Waals surface area contributed by atoms with Crippen molar-refractivity contribution >= 4 is 0 Å². The minimum atomic E-state index is -0.755. The molecular weight excluding hydrogens is 350 g/mol. The number of aryl methyl sites for hydroxylation is 1. The van der Waals surface area contributed by atoms with E-state index in [2.05, 4.69) is 31.7 Å². The molecule has 4 nitrogen and oxygen atoms in total. The van der Waals surface area contributed by atoms with Crippen LogP contribution in [0.5, 0.6) is 11.5 Å². The van der Waals surface area contributed by atoms with Crippen molar-refractivity contribution in [2.45, 2.75) is 82.5 Å². The van der Waals surface area contributed by atoms with Crippen LogP contribution in [-0.2, 0) is 5.41 Å². The van der Waals surface area contributed by atoms with Gasteiger partial charge in [0, 0.05) is 18.2 Å². The van der Waals surface area contributed by atoms with E-state index in [9.17, 15) is 5.11 Å². The van der Waals surface area contributed by atoms with E-state index < -0.39 is 5.60 Å². The predicted molar refractivity (Wildman–Crippen MR) is 110 cm³/mol. The largest absolute Gasteiger partial charge is 0.493 e. The summed E-state index contributed by atoms with van der Waals surface area (Å²) in [5, 5.41) is 12.4. The van der Waals surface area contributed by atoms with Gasteiger partial charge in [0.1, 0.15) is 6.10 Å². The third-order valence-electron chi connectivity index (χ3n) is 8.75. The van der Waals surface area contributed by atoms with Crippen LogP contribution in [0.3, 0.4) is 0 Å². The minimum Gasteiger partial charge on any atom is -0.493 e. The van der Waals surface area contributed by atoms with Gasteiger partial charge in [-0.25, -0.2) is 0 Å². The van der Waals surface area contributed by atoms with E-state index >= 15 is 0 Å². The van der Waals surface area contributed by atoms with Crippen molar-refractivity contribution in [2.75, 3.05) is 20.2 Å². The van der Waals surface area contributed by atoms with Crippen LogP contribution in [0.25, 0.3) is 0 Å². The summed E-state index contributed by atoms with van der Waals surface area (Å²) in [6.45, 7) is 8.92. The Kier molecular flexibility index (Phi) is 4.26. The molecule has 0 amide bonds. The van der Waals surface area contributed by atoms with E-state index in [1.165, 1.54) is 30.4 Å². The summed E-state index contributed by atoms with van der Waals surface area (Å²) in [5.41, 5.74) is 1.37. The maximum atomic E-state index is 12.4. The molecule has 0 bridgehead atoms. The molecule has 0 aromatic heterocycles. The zero-order valence-corrected chi connectivity index (χ0v) is 17.8. The number of fused-ring (bicyclic) bond motifs is 1. The van der Waals surface area contributed by atoms with Crippen molar-refractivity contribution in [3.05, 3.63) is 23.3 Å². The van der Waals surface area contributed by atoms with Gasteiger partial charge in [-0.3, -0.25) is 4.90 Å². The molecule has 4 aliphatic rings. The second-order valence-corrected chi connectivity index (χ2v) is 9.96. The Morgan fingerprint density at radius 2 is 2.00 bits per heavy atom. The Morgan fingerprint density at radius 1 is 1.21 bits per heavy atom. The Hall–Kier alpha value is -1.26. The number of ether oxygens (including phenoxy) is 2. The molecule has 154 valence electrons. The lowest BCUT2D eigenvalue weighted by atomic mass is 9.51. The average molecular weight is 386 g/mol. The summed E-state index contributed by atoms with van der Waals surface area (Å²) in [4.78, 5) is 2.58. The van der Waals surface area contributed by atoms with Crippen molar-refractivity contribution in [1.29, 1.82) is 0 Å². The lowest BCUT2D eigenvalue weighted by Crippen LogP contribution is -2.73. The number of benzene rings is 1. The molecule has 28 heavy (non-hydrogen) atoms. The Labute approximate surface area is 169 Å². The van der Waals surface area contributed by atoms with Crippen LogP contribution in [-0.4, -0.2) is 48.0 Å². The monoisotopic (exact) mass is 385 g/mol. The van der Waals surface area contributed by atoms with E-state index in [0.717, 1.165) is 49.8 Å². The molecule has 1 aromatic rings. The van der Waals surface area contributed by atoms with Crippen molar-refractivity contribution in [1.82, 2.24) is 4.90 Å². The molecule has 0 radical (unpaired) electrons. The molecule has 1 unspecified atom stereocenters. The van der Waals surface area contributed by atoms with Gasteiger partial charge in [-0.15, -0.1) is 0 Å². The van der Waals surface area contributed by atoms with Crippen molar-refractivity contribution < 1.29 is 14.6 Å². The quantitative estimate of drug-likeness (QED) is 0.852. The zero-order chi connectivity index (χ0) is 19.7. The van der Waals surface area contributed by atoms with Crippen LogP contribution >= 0.6 is 0 Å². The number of hydrogen-bond acceptors (Lipinski definition) is 4. The van der Waals surface area contributed by atoms with Gasteiger partial charge < -0.3 is 14.6 Å². The van der Waals surface area contributed by atoms with Crippen LogP contribution in [0.15, 0.2) is 12.1 Å². The third-order valence-corrected chi connectivity index (χ3v) is 8.75. The van der Waals surface area contributed by atoms with Gasteiger partial charge in [0.05, 0.1) is 18.1 Å². The highest BCUT2D eigenvalue weighted by Gasteiger charge is 2.69. The number of nitrogens with zero attached hydrogens (tertiary/aromatic N) is 1. The summed E-state index contributed by atoms with van der Waals surface area (Å²) >= 11 is 0. The van der Waals surface area contributed by atoms with Crippen LogP contribution in [0, 0.1) is 18.8 Å². The first kappa shape index (κ1) is 18.7. The first-order valence-electron chi connectivity index (χ1n) is 11.2. The maximum Gasteiger partial charge on any atom is 0.165 e. The van der Waals surface area contributed by atoms with Crippen molar-refractivity contribution in [3.8, 4) is 11.5 Å². The summed E-state index contributed by atoms with van der Waals surface area (Å²) in [5.74, 6) is 2.96. The summed E-state index contributed by atoms with van der Waals surface area (Å²) in [7, 11) is 1.72. The fourth-order valence-corrected chi connectivity index (χ4v) is 6.89. The Bertz CT molecular complexity index is 775. The molecule has 2 saturated carbocycles. The van der Waals surface area contributed by atoms with Gasteiger partial charge in [0.2, 0.25) is 0 Å². The molecule has 4 heteroatoms. The van der Waals surface area contributed by atoms with Crippen LogP contribution in [0.4, 0.5) is 0 Å². The molecule has 2 aliphatic carbocycles. The van der Waals surface area contributed by atoms with Crippen LogP contribution in [0.1, 0.15) is 63.5 Å². The topological polar surface area (TPSA) is 41.9 Å². The Morgan fingerprint density at radius 3 is 2.68 bits per heavy atom. The summed E-state index contributed by atoms with van der Waals surface area (Å²) < 4.78 is 12.3. The van der Waals surface area contributed by atoms with Gasteiger partial charge in [0.15, 0.2) is 11.5 Å². The molecule has 3 fully saturated rings. The number of aliphatic hydroxyl groups is 1. The number of rotatable bonds is 3. The van der Waals surface area contributed by atoms with Crippen molar-refractivity contribution in [3.63, 3.8) is 0 Å². The lowest BCUT2D eigenvalue weighted by molar-refractivity contribution is -0.188. The molecule has 5 atom stereocenters. The molecule has 5 rings (SSSR count). The SMILES string of the molecule is COc1ccc(C)c2c1O[C@@H]1C(C)CC[C@]3(O)[C@H](C)N(CC4CCC4)CC[C@@]213. The highest BCUT2D eigenvalue weighted by atomic mass is 16.5. The van der Waals surface area contributed by atoms with E-state index in [-0.39, 0.29) is 17.6 Å². The molecule has 2 heterocycles. The number of hydrogen-bond donors (Lipinski definition) is 1. The molecular formula is C24H35NO3. The molecule has 1 aromatic carbocycles. The Balaban J connectivity index is 1.62. The van der Waals surface area contributed by atoms with E-state index in [4.69, 9.17) is 9.47 Å². The molecule has 1 spiro atoms. The minimum absolute atomic E-state index is 0.0320. The maximum absolute atomic E-state index is 12.4. The van der Waals surface area contributed by atoms with E-state index in [1.807, 2.05) is 6.07 Å². The predicted octanol–water partition coefficient (Wildman–Crippen LogP) is 4.06. The van der Waals surface area contributed by atoms with Gasteiger partial charge in [-0.05, 0) is 76.0 Å². The van der Waals surface area contributed by atoms with Crippen molar-refractivity contribution in [2.24, 2.45) is 11.8 Å². The zero-order valence-electron chi connectivity index (χ0n) is 17.8. The fourth-order valence-electron chi connectivity index (χ4n) is 6.89. The van der Waals surface area contributed by atoms with Crippen LogP contribution < -0.4 is 9.47 Å². The van der Waals surface area contributed by atoms with Gasteiger partial charge >= 0.3 is 0 Å². The van der Waals surface area contributed by atoms with Crippen LogP contribution in [0.2, 0.25) is 0 Å². The van der Waals surface area contributed by atoms with E-state index in [1.54, 1.807) is 7.11 Å². The number of likely N-dealkylation sites (tertiary alicyclic amines) is 1. The highest BCUT2D eigenvalue weighted by molar-refractivity contribution is 5.60. The summed E-state index contributed by atoms with van der Waals surface area (Å²) in [6, 6.07) is 4.31. The molecule has 1 N–H and O–H groups in total. The number of piperidine rings is 1. The third kappa shape index (κ3) is 2.25. The van der Waals surface area contributed by atoms with E-state index in [0.29, 0.717) is 5.92 Å². The molecule has 2 aliphatic heterocycles. The molecule has 1 saturated heterocycles. The standard InChI is InChI=1S/C24H35NO3/c1-15-8-9-19(27-4)21-20(15)23-12-13-25(14-18-6-5-7-18)17(3)24(23,26)11-10-16(2)22(23)28-21/h8-9,16-18,22,26H,5-7,10-14H2,1-4H3/t16?,17-,22+,23+,24-/m0/s1. The van der Waals surface area contributed by atoms with Gasteiger partial charge in [0.25, 0.3) is 0 Å². The van der Waals surface area contributed by atoms with Gasteiger partial charge in [-0.1, -0.05) is 19.4 Å². The second-order valence-electron chi connectivity index (χ2n) is 9.96. The lowest BCUT2D eigenvalue weighted by Gasteiger charge is -2.61. The average Bonchev–Trinajstić information content (AvgIpc) is 3.01. The highest BCUT2D eigenvalue weighted by Crippen LogP contribution is 2.63. The first-order chi connectivity index (χ1) is 13.4. The second kappa shape index (κ2) is 6.37. The normalized spacial score (nSPS) is 40.1. The smallest absolute Gasteiger partial charge is 0.165 e. The fraction of sp³-hybridized carbons (Fsp3) is 0.750. The number of methoxy groups -OCH3 is 1. The van der Waals surface area contributed by atoms with Gasteiger partial charge in [-0.2, -0.15) is 0 Å².